The first kappa shape index (κ1) is 12.4. The monoisotopic (exact) mass is 186 g/mol. The third-order valence-electron chi connectivity index (χ3n) is 2.04. The van der Waals surface area contributed by atoms with Crippen LogP contribution in [0.2, 0.25) is 0 Å². The number of carbonyl (C=O) groups excluding carboxylic acids is 1. The molecular formula is C10H22N2O. The number of carbonyl (C=O) groups is 1. The Labute approximate surface area is 81.5 Å². The van der Waals surface area contributed by atoms with Gasteiger partial charge in [-0.2, -0.15) is 0 Å². The Hall–Kier alpha value is -0.570. The minimum atomic E-state index is 0.120. The average Bonchev–Trinajstić information content (AvgIpc) is 2.10. The molecule has 0 fully saturated rings. The average molecular weight is 186 g/mol. The zero-order valence-electron chi connectivity index (χ0n) is 9.26. The summed E-state index contributed by atoms with van der Waals surface area (Å²) in [4.78, 5) is 13.2. The number of hydrogen-bond donors (Lipinski definition) is 1. The van der Waals surface area contributed by atoms with Crippen molar-refractivity contribution in [1.29, 1.82) is 0 Å². The maximum atomic E-state index is 11.4. The summed E-state index contributed by atoms with van der Waals surface area (Å²) in [5, 5.41) is 3.09. The van der Waals surface area contributed by atoms with E-state index in [9.17, 15) is 4.79 Å². The van der Waals surface area contributed by atoms with Crippen LogP contribution < -0.4 is 5.32 Å². The van der Waals surface area contributed by atoms with Crippen molar-refractivity contribution in [2.75, 3.05) is 27.2 Å². The Morgan fingerprint density at radius 1 is 1.38 bits per heavy atom. The fourth-order valence-electron chi connectivity index (χ4n) is 1.20. The fraction of sp³-hybridized carbons (Fsp3) is 0.900. The maximum Gasteiger partial charge on any atom is 0.224 e. The molecule has 78 valence electrons. The highest BCUT2D eigenvalue weighted by Gasteiger charge is 2.11. The van der Waals surface area contributed by atoms with E-state index in [2.05, 4.69) is 5.32 Å². The van der Waals surface area contributed by atoms with Gasteiger partial charge in [0.2, 0.25) is 5.91 Å². The Kier molecular flexibility index (Phi) is 6.59. The predicted molar refractivity (Wildman–Crippen MR) is 55.6 cm³/mol. The molecule has 0 saturated heterocycles. The number of nitrogens with zero attached hydrogens (tertiary/aromatic N) is 1. The molecule has 13 heavy (non-hydrogen) atoms. The number of rotatable bonds is 6. The van der Waals surface area contributed by atoms with Gasteiger partial charge >= 0.3 is 0 Å². The van der Waals surface area contributed by atoms with Crippen LogP contribution in [0.25, 0.3) is 0 Å². The molecule has 3 nitrogen and oxygen atoms in total. The van der Waals surface area contributed by atoms with Gasteiger partial charge in [0.15, 0.2) is 0 Å². The van der Waals surface area contributed by atoms with Gasteiger partial charge in [-0.1, -0.05) is 13.8 Å². The van der Waals surface area contributed by atoms with E-state index in [0.29, 0.717) is 0 Å². The first-order chi connectivity index (χ1) is 6.09. The molecule has 0 aliphatic rings. The third kappa shape index (κ3) is 5.64. The van der Waals surface area contributed by atoms with Gasteiger partial charge in [-0.25, -0.2) is 0 Å². The molecule has 0 spiro atoms. The van der Waals surface area contributed by atoms with Gasteiger partial charge in [0, 0.05) is 19.5 Å². The van der Waals surface area contributed by atoms with Crippen molar-refractivity contribution in [2.24, 2.45) is 5.92 Å². The quantitative estimate of drug-likeness (QED) is 0.630. The van der Waals surface area contributed by atoms with Gasteiger partial charge in [0.25, 0.3) is 0 Å². The summed E-state index contributed by atoms with van der Waals surface area (Å²) in [7, 11) is 3.82. The van der Waals surface area contributed by atoms with Crippen molar-refractivity contribution in [2.45, 2.75) is 26.7 Å². The summed E-state index contributed by atoms with van der Waals surface area (Å²) in [6.45, 7) is 5.78. The molecule has 0 unspecified atom stereocenters. The summed E-state index contributed by atoms with van der Waals surface area (Å²) in [5.41, 5.74) is 0. The normalized spacial score (nSPS) is 10.5. The Morgan fingerprint density at radius 2 is 2.00 bits per heavy atom. The summed E-state index contributed by atoms with van der Waals surface area (Å²) >= 11 is 0. The van der Waals surface area contributed by atoms with Crippen molar-refractivity contribution in [3.8, 4) is 0 Å². The van der Waals surface area contributed by atoms with Gasteiger partial charge in [-0.15, -0.1) is 0 Å². The molecule has 0 rings (SSSR count). The molecule has 0 aliphatic carbocycles. The molecule has 0 heterocycles. The molecule has 0 bridgehead atoms. The third-order valence-corrected chi connectivity index (χ3v) is 2.04. The zero-order chi connectivity index (χ0) is 10.3. The maximum absolute atomic E-state index is 11.4. The van der Waals surface area contributed by atoms with Gasteiger partial charge in [-0.3, -0.25) is 4.79 Å². The molecule has 0 aromatic rings. The van der Waals surface area contributed by atoms with Gasteiger partial charge in [0.1, 0.15) is 0 Å². The Morgan fingerprint density at radius 3 is 2.46 bits per heavy atom. The van der Waals surface area contributed by atoms with Crippen molar-refractivity contribution < 1.29 is 4.79 Å². The van der Waals surface area contributed by atoms with E-state index in [1.54, 1.807) is 0 Å². The van der Waals surface area contributed by atoms with E-state index in [1.807, 2.05) is 32.8 Å². The van der Waals surface area contributed by atoms with Gasteiger partial charge in [-0.05, 0) is 26.4 Å². The second kappa shape index (κ2) is 6.89. The van der Waals surface area contributed by atoms with Crippen LogP contribution in [0.1, 0.15) is 26.7 Å². The molecule has 1 amide bonds. The smallest absolute Gasteiger partial charge is 0.224 e. The highest BCUT2D eigenvalue weighted by Crippen LogP contribution is 2.00. The second-order valence-corrected chi connectivity index (χ2v) is 3.73. The van der Waals surface area contributed by atoms with Crippen LogP contribution in [0.4, 0.5) is 0 Å². The number of nitrogens with one attached hydrogen (secondary N) is 1. The van der Waals surface area contributed by atoms with E-state index in [1.165, 1.54) is 0 Å². The largest absolute Gasteiger partial charge is 0.346 e. The van der Waals surface area contributed by atoms with Gasteiger partial charge < -0.3 is 10.2 Å². The van der Waals surface area contributed by atoms with Crippen LogP contribution >= 0.6 is 0 Å². The number of unbranched alkanes of at least 4 members (excludes halogenated alkanes) is 1. The lowest BCUT2D eigenvalue weighted by Gasteiger charge is -2.19. The topological polar surface area (TPSA) is 32.3 Å². The molecule has 0 atom stereocenters. The molecule has 0 radical (unpaired) electrons. The lowest BCUT2D eigenvalue weighted by molar-refractivity contribution is -0.133. The predicted octanol–water partition coefficient (Wildman–Crippen LogP) is 1.10. The number of hydrogen-bond acceptors (Lipinski definition) is 2. The minimum absolute atomic E-state index is 0.120. The van der Waals surface area contributed by atoms with E-state index >= 15 is 0 Å². The van der Waals surface area contributed by atoms with E-state index in [0.717, 1.165) is 25.9 Å². The number of amides is 1. The molecule has 0 aliphatic heterocycles. The summed E-state index contributed by atoms with van der Waals surface area (Å²) in [6, 6.07) is 0. The van der Waals surface area contributed by atoms with Crippen molar-refractivity contribution >= 4 is 5.91 Å². The molecule has 0 aromatic heterocycles. The van der Waals surface area contributed by atoms with Crippen LogP contribution in [-0.4, -0.2) is 38.0 Å². The minimum Gasteiger partial charge on any atom is -0.346 e. The molecular weight excluding hydrogens is 164 g/mol. The Balaban J connectivity index is 3.50. The molecule has 0 saturated carbocycles. The first-order valence-electron chi connectivity index (χ1n) is 4.99. The van der Waals surface area contributed by atoms with E-state index in [4.69, 9.17) is 0 Å². The lowest BCUT2D eigenvalue weighted by atomic mass is 10.2. The van der Waals surface area contributed by atoms with Crippen LogP contribution in [-0.2, 0) is 4.79 Å². The highest BCUT2D eigenvalue weighted by atomic mass is 16.2. The van der Waals surface area contributed by atoms with E-state index in [-0.39, 0.29) is 11.8 Å². The zero-order valence-corrected chi connectivity index (χ0v) is 9.26. The molecule has 3 heteroatoms. The van der Waals surface area contributed by atoms with Crippen molar-refractivity contribution in [3.05, 3.63) is 0 Å². The first-order valence-corrected chi connectivity index (χ1v) is 4.99. The Bertz CT molecular complexity index is 146. The summed E-state index contributed by atoms with van der Waals surface area (Å²) < 4.78 is 0. The summed E-state index contributed by atoms with van der Waals surface area (Å²) in [5.74, 6) is 0.360. The van der Waals surface area contributed by atoms with Crippen molar-refractivity contribution in [1.82, 2.24) is 10.2 Å². The van der Waals surface area contributed by atoms with E-state index < -0.39 is 0 Å². The second-order valence-electron chi connectivity index (χ2n) is 3.73. The van der Waals surface area contributed by atoms with Crippen LogP contribution in [0, 0.1) is 5.92 Å². The summed E-state index contributed by atoms with van der Waals surface area (Å²) in [6.07, 6.45) is 2.21. The lowest BCUT2D eigenvalue weighted by Crippen LogP contribution is -2.31. The van der Waals surface area contributed by atoms with Crippen molar-refractivity contribution in [3.63, 3.8) is 0 Å². The van der Waals surface area contributed by atoms with Crippen LogP contribution in [0.3, 0.4) is 0 Å². The van der Waals surface area contributed by atoms with Crippen LogP contribution in [0.15, 0.2) is 0 Å². The fourth-order valence-corrected chi connectivity index (χ4v) is 1.20. The van der Waals surface area contributed by atoms with Gasteiger partial charge in [0.05, 0.1) is 0 Å². The highest BCUT2D eigenvalue weighted by molar-refractivity contribution is 5.77. The molecule has 1 N–H and O–H groups in total. The molecule has 0 aromatic carbocycles. The standard InChI is InChI=1S/C10H22N2O/c1-9(2)10(13)12(4)8-6-5-7-11-3/h9,11H,5-8H2,1-4H3. The van der Waals surface area contributed by atoms with Crippen LogP contribution in [0.5, 0.6) is 0 Å². The SMILES string of the molecule is CNCCCCN(C)C(=O)C(C)C.